The minimum atomic E-state index is -0.129. The van der Waals surface area contributed by atoms with Crippen molar-refractivity contribution in [2.75, 3.05) is 0 Å². The molecule has 2 atom stereocenters. The quantitative estimate of drug-likeness (QED) is 0.791. The summed E-state index contributed by atoms with van der Waals surface area (Å²) in [4.78, 5) is 4.16. The SMILES string of the molecule is CC(N)c1ncc(C(C)C(C)(C)C)o1. The van der Waals surface area contributed by atoms with Gasteiger partial charge in [-0.1, -0.05) is 27.7 Å². The largest absolute Gasteiger partial charge is 0.444 e. The van der Waals surface area contributed by atoms with Gasteiger partial charge in [0.25, 0.3) is 0 Å². The molecule has 0 aliphatic carbocycles. The van der Waals surface area contributed by atoms with Gasteiger partial charge in [-0.05, 0) is 12.3 Å². The zero-order valence-corrected chi connectivity index (χ0v) is 9.66. The van der Waals surface area contributed by atoms with Gasteiger partial charge in [-0.3, -0.25) is 0 Å². The van der Waals surface area contributed by atoms with Crippen molar-refractivity contribution in [2.45, 2.75) is 46.6 Å². The molecule has 0 bridgehead atoms. The Morgan fingerprint density at radius 2 is 1.93 bits per heavy atom. The minimum Gasteiger partial charge on any atom is -0.444 e. The fourth-order valence-corrected chi connectivity index (χ4v) is 1.14. The van der Waals surface area contributed by atoms with Crippen LogP contribution in [0.4, 0.5) is 0 Å². The molecule has 2 unspecified atom stereocenters. The number of nitrogens with zero attached hydrogens (tertiary/aromatic N) is 1. The van der Waals surface area contributed by atoms with E-state index in [1.165, 1.54) is 0 Å². The molecule has 3 nitrogen and oxygen atoms in total. The second kappa shape index (κ2) is 3.73. The average Bonchev–Trinajstić information content (AvgIpc) is 2.48. The number of nitrogens with two attached hydrogens (primary N) is 1. The molecule has 14 heavy (non-hydrogen) atoms. The summed E-state index contributed by atoms with van der Waals surface area (Å²) in [6.45, 7) is 10.6. The third-order valence-electron chi connectivity index (χ3n) is 2.66. The average molecular weight is 196 g/mol. The summed E-state index contributed by atoms with van der Waals surface area (Å²) in [5.41, 5.74) is 5.87. The van der Waals surface area contributed by atoms with E-state index in [-0.39, 0.29) is 11.5 Å². The van der Waals surface area contributed by atoms with Crippen molar-refractivity contribution in [3.63, 3.8) is 0 Å². The van der Waals surface area contributed by atoms with Crippen LogP contribution in [0, 0.1) is 5.41 Å². The molecule has 0 aliphatic rings. The highest BCUT2D eigenvalue weighted by atomic mass is 16.4. The van der Waals surface area contributed by atoms with E-state index in [0.29, 0.717) is 11.8 Å². The van der Waals surface area contributed by atoms with Crippen molar-refractivity contribution in [2.24, 2.45) is 11.1 Å². The molecule has 0 radical (unpaired) electrons. The molecule has 0 saturated heterocycles. The van der Waals surface area contributed by atoms with Crippen molar-refractivity contribution in [1.82, 2.24) is 4.98 Å². The fraction of sp³-hybridized carbons (Fsp3) is 0.727. The van der Waals surface area contributed by atoms with Gasteiger partial charge in [0, 0.05) is 5.92 Å². The molecular weight excluding hydrogens is 176 g/mol. The molecule has 80 valence electrons. The van der Waals surface area contributed by atoms with Gasteiger partial charge in [-0.25, -0.2) is 4.98 Å². The lowest BCUT2D eigenvalue weighted by molar-refractivity contribution is 0.287. The summed E-state index contributed by atoms with van der Waals surface area (Å²) in [5.74, 6) is 1.89. The van der Waals surface area contributed by atoms with Crippen LogP contribution in [0.15, 0.2) is 10.6 Å². The Bertz CT molecular complexity index is 296. The number of aromatic nitrogens is 1. The van der Waals surface area contributed by atoms with Gasteiger partial charge >= 0.3 is 0 Å². The third-order valence-corrected chi connectivity index (χ3v) is 2.66. The van der Waals surface area contributed by atoms with Crippen LogP contribution in [0.1, 0.15) is 58.2 Å². The first-order valence-corrected chi connectivity index (χ1v) is 5.03. The Hall–Kier alpha value is -0.830. The maximum atomic E-state index is 5.68. The molecule has 1 heterocycles. The molecule has 0 saturated carbocycles. The van der Waals surface area contributed by atoms with Crippen LogP contribution in [0.25, 0.3) is 0 Å². The number of hydrogen-bond acceptors (Lipinski definition) is 3. The van der Waals surface area contributed by atoms with Crippen molar-refractivity contribution in [1.29, 1.82) is 0 Å². The Morgan fingerprint density at radius 1 is 1.36 bits per heavy atom. The lowest BCUT2D eigenvalue weighted by Gasteiger charge is -2.24. The predicted molar refractivity (Wildman–Crippen MR) is 57.0 cm³/mol. The summed E-state index contributed by atoms with van der Waals surface area (Å²) in [6, 6.07) is -0.129. The molecule has 0 spiro atoms. The standard InChI is InChI=1S/C11H20N2O/c1-7(11(3,4)5)9-6-13-10(14-9)8(2)12/h6-8H,12H2,1-5H3. The summed E-state index contributed by atoms with van der Waals surface area (Å²) in [6.07, 6.45) is 1.79. The van der Waals surface area contributed by atoms with Gasteiger partial charge in [0.2, 0.25) is 5.89 Å². The zero-order chi connectivity index (χ0) is 10.9. The highest BCUT2D eigenvalue weighted by molar-refractivity contribution is 5.05. The smallest absolute Gasteiger partial charge is 0.211 e. The number of oxazole rings is 1. The number of hydrogen-bond donors (Lipinski definition) is 1. The van der Waals surface area contributed by atoms with E-state index in [0.717, 1.165) is 5.76 Å². The second-order valence-electron chi connectivity index (χ2n) is 4.98. The zero-order valence-electron chi connectivity index (χ0n) is 9.66. The third kappa shape index (κ3) is 2.35. The topological polar surface area (TPSA) is 52.0 Å². The fourth-order valence-electron chi connectivity index (χ4n) is 1.14. The first-order valence-electron chi connectivity index (χ1n) is 5.03. The molecule has 0 amide bonds. The summed E-state index contributed by atoms with van der Waals surface area (Å²) < 4.78 is 5.60. The Labute approximate surface area is 85.7 Å². The van der Waals surface area contributed by atoms with Crippen LogP contribution in [-0.2, 0) is 0 Å². The maximum absolute atomic E-state index is 5.68. The normalized spacial score (nSPS) is 16.7. The van der Waals surface area contributed by atoms with E-state index >= 15 is 0 Å². The van der Waals surface area contributed by atoms with Gasteiger partial charge in [0.15, 0.2) is 0 Å². The van der Waals surface area contributed by atoms with E-state index in [9.17, 15) is 0 Å². The van der Waals surface area contributed by atoms with Crippen LogP contribution in [0.5, 0.6) is 0 Å². The van der Waals surface area contributed by atoms with Gasteiger partial charge < -0.3 is 10.2 Å². The van der Waals surface area contributed by atoms with Gasteiger partial charge in [0.1, 0.15) is 5.76 Å². The van der Waals surface area contributed by atoms with Crippen LogP contribution in [0.3, 0.4) is 0 Å². The molecule has 0 aromatic carbocycles. The maximum Gasteiger partial charge on any atom is 0.211 e. The van der Waals surface area contributed by atoms with E-state index < -0.39 is 0 Å². The Balaban J connectivity index is 2.87. The molecule has 2 N–H and O–H groups in total. The molecule has 3 heteroatoms. The van der Waals surface area contributed by atoms with Crippen LogP contribution in [-0.4, -0.2) is 4.98 Å². The molecular formula is C11H20N2O. The first kappa shape index (κ1) is 11.2. The first-order chi connectivity index (χ1) is 6.32. The van der Waals surface area contributed by atoms with Gasteiger partial charge in [-0.2, -0.15) is 0 Å². The van der Waals surface area contributed by atoms with Crippen molar-refractivity contribution < 1.29 is 4.42 Å². The van der Waals surface area contributed by atoms with E-state index in [1.54, 1.807) is 6.20 Å². The molecule has 0 fully saturated rings. The summed E-state index contributed by atoms with van der Waals surface area (Å²) in [7, 11) is 0. The van der Waals surface area contributed by atoms with E-state index in [4.69, 9.17) is 10.2 Å². The summed E-state index contributed by atoms with van der Waals surface area (Å²) >= 11 is 0. The predicted octanol–water partition coefficient (Wildman–Crippen LogP) is 2.84. The highest BCUT2D eigenvalue weighted by Crippen LogP contribution is 2.34. The van der Waals surface area contributed by atoms with Crippen LogP contribution in [0.2, 0.25) is 0 Å². The van der Waals surface area contributed by atoms with E-state index in [1.807, 2.05) is 6.92 Å². The lowest BCUT2D eigenvalue weighted by Crippen LogP contribution is -2.14. The van der Waals surface area contributed by atoms with Crippen molar-refractivity contribution in [3.05, 3.63) is 17.8 Å². The van der Waals surface area contributed by atoms with Gasteiger partial charge in [0.05, 0.1) is 12.2 Å². The summed E-state index contributed by atoms with van der Waals surface area (Å²) in [5, 5.41) is 0. The molecule has 1 aromatic heterocycles. The molecule has 1 rings (SSSR count). The van der Waals surface area contributed by atoms with Gasteiger partial charge in [-0.15, -0.1) is 0 Å². The van der Waals surface area contributed by atoms with Crippen LogP contribution < -0.4 is 5.73 Å². The number of rotatable bonds is 2. The lowest BCUT2D eigenvalue weighted by atomic mass is 9.81. The van der Waals surface area contributed by atoms with E-state index in [2.05, 4.69) is 32.7 Å². The molecule has 1 aromatic rings. The minimum absolute atomic E-state index is 0.129. The van der Waals surface area contributed by atoms with Crippen molar-refractivity contribution in [3.8, 4) is 0 Å². The Kier molecular flexibility index (Phi) is 3.00. The second-order valence-corrected chi connectivity index (χ2v) is 4.98. The monoisotopic (exact) mass is 196 g/mol. The van der Waals surface area contributed by atoms with Crippen molar-refractivity contribution >= 4 is 0 Å². The highest BCUT2D eigenvalue weighted by Gasteiger charge is 2.25. The van der Waals surface area contributed by atoms with Crippen LogP contribution >= 0.6 is 0 Å². The Morgan fingerprint density at radius 3 is 2.29 bits per heavy atom. The molecule has 0 aliphatic heterocycles.